The number of aromatic nitrogens is 1. The van der Waals surface area contributed by atoms with Gasteiger partial charge in [0.1, 0.15) is 12.1 Å². The van der Waals surface area contributed by atoms with Crippen molar-refractivity contribution in [2.75, 3.05) is 19.6 Å². The highest BCUT2D eigenvalue weighted by Gasteiger charge is 2.43. The lowest BCUT2D eigenvalue weighted by molar-refractivity contribution is -0.153. The van der Waals surface area contributed by atoms with Crippen LogP contribution in [0.1, 0.15) is 25.8 Å². The van der Waals surface area contributed by atoms with Gasteiger partial charge in [0.2, 0.25) is 11.8 Å². The number of rotatable bonds is 4. The number of nitrogens with one attached hydrogen (secondary N) is 1. The third-order valence-electron chi connectivity index (χ3n) is 5.45. The van der Waals surface area contributed by atoms with E-state index in [0.717, 1.165) is 24.0 Å². The second-order valence-electron chi connectivity index (χ2n) is 8.00. The van der Waals surface area contributed by atoms with Gasteiger partial charge in [0.15, 0.2) is 0 Å². The van der Waals surface area contributed by atoms with Crippen molar-refractivity contribution in [3.63, 3.8) is 0 Å². The van der Waals surface area contributed by atoms with Crippen LogP contribution in [0.4, 0.5) is 0 Å². The number of nitrogens with zero attached hydrogens (tertiary/aromatic N) is 3. The molecule has 142 valence electrons. The molecule has 2 fully saturated rings. The van der Waals surface area contributed by atoms with Crippen LogP contribution < -0.4 is 5.32 Å². The molecule has 3 heterocycles. The number of pyridine rings is 1. The summed E-state index contributed by atoms with van der Waals surface area (Å²) in [6.45, 7) is 6.89. The summed E-state index contributed by atoms with van der Waals surface area (Å²) >= 11 is 0. The average molecular weight is 366 g/mol. The van der Waals surface area contributed by atoms with Crippen molar-refractivity contribution in [2.45, 2.75) is 38.9 Å². The van der Waals surface area contributed by atoms with Gasteiger partial charge in [-0.2, -0.15) is 0 Å². The zero-order valence-corrected chi connectivity index (χ0v) is 15.9. The van der Waals surface area contributed by atoms with Crippen molar-refractivity contribution in [3.8, 4) is 0 Å². The van der Waals surface area contributed by atoms with Gasteiger partial charge in [-0.15, -0.1) is 0 Å². The molecular formula is C21H26N4O2. The minimum Gasteiger partial charge on any atom is -0.342 e. The van der Waals surface area contributed by atoms with Crippen molar-refractivity contribution >= 4 is 22.7 Å². The summed E-state index contributed by atoms with van der Waals surface area (Å²) < 4.78 is 0. The highest BCUT2D eigenvalue weighted by molar-refractivity contribution is 5.97. The summed E-state index contributed by atoms with van der Waals surface area (Å²) in [6, 6.07) is 9.53. The standard InChI is InChI=1S/C21H26N4O2/c1-14(2)10-18-21(27)25-9-8-24(13-19(25)20(26)23-18)12-15-5-6-17-16(11-15)4-3-7-22-17/h3-7,11,14,18-19H,8-10,12-13H2,1-2H3,(H,23,26)/t18-,19+/m0/s1. The predicted octanol–water partition coefficient (Wildman–Crippen LogP) is 1.79. The van der Waals surface area contributed by atoms with Gasteiger partial charge in [-0.3, -0.25) is 19.5 Å². The number of carbonyl (C=O) groups excluding carboxylic acids is 2. The van der Waals surface area contributed by atoms with Crippen LogP contribution in [-0.2, 0) is 16.1 Å². The molecule has 6 nitrogen and oxygen atoms in total. The summed E-state index contributed by atoms with van der Waals surface area (Å²) in [7, 11) is 0. The molecule has 1 aromatic carbocycles. The summed E-state index contributed by atoms with van der Waals surface area (Å²) in [6.07, 6.45) is 2.50. The third-order valence-corrected chi connectivity index (χ3v) is 5.45. The van der Waals surface area contributed by atoms with Crippen LogP contribution in [0.2, 0.25) is 0 Å². The Morgan fingerprint density at radius 2 is 2.07 bits per heavy atom. The zero-order valence-electron chi connectivity index (χ0n) is 15.9. The maximum Gasteiger partial charge on any atom is 0.245 e. The smallest absolute Gasteiger partial charge is 0.245 e. The Balaban J connectivity index is 1.45. The van der Waals surface area contributed by atoms with E-state index < -0.39 is 0 Å². The summed E-state index contributed by atoms with van der Waals surface area (Å²) in [5.41, 5.74) is 2.18. The van der Waals surface area contributed by atoms with Gasteiger partial charge in [-0.05, 0) is 36.1 Å². The van der Waals surface area contributed by atoms with Crippen LogP contribution in [0.5, 0.6) is 0 Å². The molecule has 27 heavy (non-hydrogen) atoms. The number of benzene rings is 1. The topological polar surface area (TPSA) is 65.5 Å². The zero-order chi connectivity index (χ0) is 19.0. The summed E-state index contributed by atoms with van der Waals surface area (Å²) in [4.78, 5) is 33.7. The van der Waals surface area contributed by atoms with E-state index >= 15 is 0 Å². The second-order valence-corrected chi connectivity index (χ2v) is 8.00. The molecule has 0 aliphatic carbocycles. The lowest BCUT2D eigenvalue weighted by Gasteiger charge is -2.45. The number of carbonyl (C=O) groups is 2. The fraction of sp³-hybridized carbons (Fsp3) is 0.476. The van der Waals surface area contributed by atoms with Crippen molar-refractivity contribution in [1.82, 2.24) is 20.1 Å². The van der Waals surface area contributed by atoms with Crippen LogP contribution >= 0.6 is 0 Å². The average Bonchev–Trinajstić information content (AvgIpc) is 2.65. The first kappa shape index (κ1) is 17.9. The largest absolute Gasteiger partial charge is 0.342 e. The summed E-state index contributed by atoms with van der Waals surface area (Å²) in [5.74, 6) is 0.428. The molecule has 2 aliphatic heterocycles. The first-order valence-electron chi connectivity index (χ1n) is 9.68. The number of piperazine rings is 2. The van der Waals surface area contributed by atoms with E-state index in [2.05, 4.69) is 47.2 Å². The molecule has 0 radical (unpaired) electrons. The van der Waals surface area contributed by atoms with Crippen LogP contribution in [0.3, 0.4) is 0 Å². The highest BCUT2D eigenvalue weighted by Crippen LogP contribution is 2.21. The SMILES string of the molecule is CC(C)C[C@@H]1NC(=O)[C@H]2CN(Cc3ccc4ncccc4c3)CCN2C1=O. The summed E-state index contributed by atoms with van der Waals surface area (Å²) in [5, 5.41) is 4.06. The number of fused-ring (bicyclic) bond motifs is 2. The Labute approximate surface area is 159 Å². The van der Waals surface area contributed by atoms with E-state index in [0.29, 0.717) is 25.4 Å². The maximum atomic E-state index is 12.7. The minimum absolute atomic E-state index is 0.0207. The van der Waals surface area contributed by atoms with Gasteiger partial charge in [0.25, 0.3) is 0 Å². The van der Waals surface area contributed by atoms with Crippen molar-refractivity contribution in [3.05, 3.63) is 42.1 Å². The third kappa shape index (κ3) is 3.67. The minimum atomic E-state index is -0.378. The Kier molecular flexibility index (Phi) is 4.83. The van der Waals surface area contributed by atoms with E-state index in [1.807, 2.05) is 12.1 Å². The molecule has 4 rings (SSSR count). The molecule has 0 bridgehead atoms. The normalized spacial score (nSPS) is 23.6. The first-order valence-corrected chi connectivity index (χ1v) is 9.68. The quantitative estimate of drug-likeness (QED) is 0.896. The fourth-order valence-electron chi connectivity index (χ4n) is 4.11. The molecule has 2 aliphatic rings. The van der Waals surface area contributed by atoms with Gasteiger partial charge in [0, 0.05) is 37.8 Å². The van der Waals surface area contributed by atoms with Crippen LogP contribution in [0.25, 0.3) is 10.9 Å². The molecule has 2 saturated heterocycles. The van der Waals surface area contributed by atoms with Gasteiger partial charge in [-0.1, -0.05) is 26.0 Å². The Morgan fingerprint density at radius 3 is 2.89 bits per heavy atom. The van der Waals surface area contributed by atoms with Gasteiger partial charge in [0.05, 0.1) is 5.52 Å². The van der Waals surface area contributed by atoms with Crippen LogP contribution in [0.15, 0.2) is 36.5 Å². The van der Waals surface area contributed by atoms with E-state index in [-0.39, 0.29) is 23.9 Å². The molecule has 1 N–H and O–H groups in total. The highest BCUT2D eigenvalue weighted by atomic mass is 16.2. The predicted molar refractivity (Wildman–Crippen MR) is 104 cm³/mol. The Hall–Kier alpha value is -2.47. The lowest BCUT2D eigenvalue weighted by atomic mass is 9.97. The molecule has 2 atom stereocenters. The second kappa shape index (κ2) is 7.27. The van der Waals surface area contributed by atoms with Gasteiger partial charge >= 0.3 is 0 Å². The van der Waals surface area contributed by atoms with Crippen molar-refractivity contribution < 1.29 is 9.59 Å². The van der Waals surface area contributed by atoms with E-state index in [4.69, 9.17) is 0 Å². The first-order chi connectivity index (χ1) is 13.0. The maximum absolute atomic E-state index is 12.7. The Morgan fingerprint density at radius 1 is 1.22 bits per heavy atom. The van der Waals surface area contributed by atoms with E-state index in [1.165, 1.54) is 5.56 Å². The number of hydrogen-bond acceptors (Lipinski definition) is 4. The van der Waals surface area contributed by atoms with Crippen LogP contribution in [-0.4, -0.2) is 58.3 Å². The fourth-order valence-corrected chi connectivity index (χ4v) is 4.11. The molecule has 0 unspecified atom stereocenters. The van der Waals surface area contributed by atoms with Gasteiger partial charge in [-0.25, -0.2) is 0 Å². The lowest BCUT2D eigenvalue weighted by Crippen LogP contribution is -2.69. The number of hydrogen-bond donors (Lipinski definition) is 1. The molecule has 1 aromatic heterocycles. The molecule has 2 amide bonds. The molecular weight excluding hydrogens is 340 g/mol. The van der Waals surface area contributed by atoms with Crippen molar-refractivity contribution in [1.29, 1.82) is 0 Å². The molecule has 0 saturated carbocycles. The number of amides is 2. The monoisotopic (exact) mass is 366 g/mol. The van der Waals surface area contributed by atoms with Crippen LogP contribution in [0, 0.1) is 5.92 Å². The molecule has 0 spiro atoms. The Bertz CT molecular complexity index is 866. The van der Waals surface area contributed by atoms with Crippen molar-refractivity contribution in [2.24, 2.45) is 5.92 Å². The van der Waals surface area contributed by atoms with E-state index in [1.54, 1.807) is 11.1 Å². The molecule has 2 aromatic rings. The van der Waals surface area contributed by atoms with E-state index in [9.17, 15) is 9.59 Å². The molecule has 6 heteroatoms. The van der Waals surface area contributed by atoms with Gasteiger partial charge < -0.3 is 10.2 Å².